The monoisotopic (exact) mass is 461 g/mol. The number of carbonyl (C=O) groups is 2. The lowest BCUT2D eigenvalue weighted by Gasteiger charge is -2.28. The summed E-state index contributed by atoms with van der Waals surface area (Å²) in [4.78, 5) is 26.5. The third-order valence-electron chi connectivity index (χ3n) is 4.89. The van der Waals surface area contributed by atoms with Crippen molar-refractivity contribution in [3.8, 4) is 0 Å². The molecule has 10 heteroatoms. The van der Waals surface area contributed by atoms with E-state index in [-0.39, 0.29) is 4.90 Å². The molecule has 1 atom stereocenters. The van der Waals surface area contributed by atoms with E-state index in [0.717, 1.165) is 24.3 Å². The number of amides is 1. The number of anilines is 2. The summed E-state index contributed by atoms with van der Waals surface area (Å²) in [6.45, 7) is 5.66. The zero-order valence-corrected chi connectivity index (χ0v) is 18.9. The molecule has 1 aliphatic heterocycles. The Balaban J connectivity index is 1.46. The molecule has 1 aliphatic rings. The molecule has 3 rings (SSSR count). The van der Waals surface area contributed by atoms with E-state index in [4.69, 9.17) is 9.47 Å². The summed E-state index contributed by atoms with van der Waals surface area (Å²) in [6, 6.07) is 12.4. The second-order valence-electron chi connectivity index (χ2n) is 7.46. The molecule has 0 saturated carbocycles. The van der Waals surface area contributed by atoms with Crippen LogP contribution in [-0.4, -0.2) is 59.2 Å². The van der Waals surface area contributed by atoms with Gasteiger partial charge in [-0.3, -0.25) is 9.59 Å². The summed E-state index contributed by atoms with van der Waals surface area (Å²) in [5.41, 5.74) is 2.52. The molecule has 0 aliphatic carbocycles. The average Bonchev–Trinajstić information content (AvgIpc) is 2.78. The van der Waals surface area contributed by atoms with Gasteiger partial charge in [0.05, 0.1) is 18.1 Å². The van der Waals surface area contributed by atoms with Crippen molar-refractivity contribution in [2.24, 2.45) is 0 Å². The molecule has 2 aromatic rings. The maximum absolute atomic E-state index is 12.4. The highest BCUT2D eigenvalue weighted by molar-refractivity contribution is 7.89. The second kappa shape index (κ2) is 10.6. The number of hydrogen-bond donors (Lipinski definition) is 2. The summed E-state index contributed by atoms with van der Waals surface area (Å²) in [7, 11) is -3.89. The number of aryl methyl sites for hydroxylation is 1. The zero-order chi connectivity index (χ0) is 23.1. The van der Waals surface area contributed by atoms with Gasteiger partial charge in [0, 0.05) is 24.5 Å². The number of morpholine rings is 1. The van der Waals surface area contributed by atoms with Gasteiger partial charge >= 0.3 is 5.97 Å². The predicted octanol–water partition coefficient (Wildman–Crippen LogP) is 1.68. The van der Waals surface area contributed by atoms with E-state index in [0.29, 0.717) is 18.9 Å². The SMILES string of the molecule is Cc1ccc(S(=O)(=O)N[C@@H](C)C(=O)OCC(=O)Nc2ccc(N3CCOCC3)cc2)cc1. The van der Waals surface area contributed by atoms with Gasteiger partial charge in [-0.2, -0.15) is 4.72 Å². The van der Waals surface area contributed by atoms with Crippen LogP contribution in [0.4, 0.5) is 11.4 Å². The average molecular weight is 462 g/mol. The number of carbonyl (C=O) groups excluding carboxylic acids is 2. The Kier molecular flexibility index (Phi) is 7.84. The summed E-state index contributed by atoms with van der Waals surface area (Å²) in [5, 5.41) is 2.65. The quantitative estimate of drug-likeness (QED) is 0.575. The van der Waals surface area contributed by atoms with E-state index >= 15 is 0 Å². The third-order valence-corrected chi connectivity index (χ3v) is 6.45. The number of nitrogens with one attached hydrogen (secondary N) is 2. The van der Waals surface area contributed by atoms with Crippen molar-refractivity contribution in [2.45, 2.75) is 24.8 Å². The molecule has 32 heavy (non-hydrogen) atoms. The van der Waals surface area contributed by atoms with E-state index in [1.165, 1.54) is 19.1 Å². The first-order valence-corrected chi connectivity index (χ1v) is 11.7. The Morgan fingerprint density at radius 1 is 1.06 bits per heavy atom. The first kappa shape index (κ1) is 23.7. The number of hydrogen-bond acceptors (Lipinski definition) is 7. The lowest BCUT2D eigenvalue weighted by Crippen LogP contribution is -2.40. The van der Waals surface area contributed by atoms with Crippen molar-refractivity contribution < 1.29 is 27.5 Å². The minimum absolute atomic E-state index is 0.0426. The molecular weight excluding hydrogens is 434 g/mol. The number of rotatable bonds is 8. The standard InChI is InChI=1S/C22H27N3O6S/c1-16-3-9-20(10-4-16)32(28,29)24-17(2)22(27)31-15-21(26)23-18-5-7-19(8-6-18)25-11-13-30-14-12-25/h3-10,17,24H,11-15H2,1-2H3,(H,23,26)/t17-/m0/s1. The highest BCUT2D eigenvalue weighted by Crippen LogP contribution is 2.19. The normalized spacial score (nSPS) is 15.1. The first-order chi connectivity index (χ1) is 15.2. The van der Waals surface area contributed by atoms with Crippen LogP contribution in [0.15, 0.2) is 53.4 Å². The summed E-state index contributed by atoms with van der Waals surface area (Å²) in [6.07, 6.45) is 0. The van der Waals surface area contributed by atoms with Crippen molar-refractivity contribution in [1.29, 1.82) is 0 Å². The van der Waals surface area contributed by atoms with Crippen molar-refractivity contribution in [3.05, 3.63) is 54.1 Å². The third kappa shape index (κ3) is 6.52. The van der Waals surface area contributed by atoms with Crippen LogP contribution >= 0.6 is 0 Å². The van der Waals surface area contributed by atoms with Gasteiger partial charge in [-0.05, 0) is 50.2 Å². The zero-order valence-electron chi connectivity index (χ0n) is 18.0. The maximum atomic E-state index is 12.4. The molecule has 1 fully saturated rings. The summed E-state index contributed by atoms with van der Waals surface area (Å²) in [5.74, 6) is -1.37. The Morgan fingerprint density at radius 2 is 1.69 bits per heavy atom. The van der Waals surface area contributed by atoms with Crippen molar-refractivity contribution in [1.82, 2.24) is 4.72 Å². The maximum Gasteiger partial charge on any atom is 0.324 e. The van der Waals surface area contributed by atoms with Gasteiger partial charge in [-0.1, -0.05) is 17.7 Å². The molecular formula is C22H27N3O6S. The van der Waals surface area contributed by atoms with E-state index in [1.807, 2.05) is 19.1 Å². The predicted molar refractivity (Wildman–Crippen MR) is 120 cm³/mol. The van der Waals surface area contributed by atoms with Gasteiger partial charge < -0.3 is 19.7 Å². The van der Waals surface area contributed by atoms with Crippen molar-refractivity contribution in [2.75, 3.05) is 43.1 Å². The van der Waals surface area contributed by atoms with E-state index in [1.54, 1.807) is 24.3 Å². The van der Waals surface area contributed by atoms with Crippen LogP contribution < -0.4 is 14.9 Å². The molecule has 0 radical (unpaired) electrons. The Hall–Kier alpha value is -2.95. The van der Waals surface area contributed by atoms with Crippen LogP contribution in [0.2, 0.25) is 0 Å². The van der Waals surface area contributed by atoms with Crippen LogP contribution in [0, 0.1) is 6.92 Å². The van der Waals surface area contributed by atoms with Crippen LogP contribution in [0.3, 0.4) is 0 Å². The van der Waals surface area contributed by atoms with Gasteiger partial charge in [0.15, 0.2) is 6.61 Å². The molecule has 1 amide bonds. The molecule has 0 bridgehead atoms. The lowest BCUT2D eigenvalue weighted by atomic mass is 10.2. The summed E-state index contributed by atoms with van der Waals surface area (Å²) < 4.78 is 37.3. The Labute approximate surface area is 187 Å². The van der Waals surface area contributed by atoms with Gasteiger partial charge in [-0.15, -0.1) is 0 Å². The minimum Gasteiger partial charge on any atom is -0.454 e. The highest BCUT2D eigenvalue weighted by atomic mass is 32.2. The molecule has 9 nitrogen and oxygen atoms in total. The topological polar surface area (TPSA) is 114 Å². The lowest BCUT2D eigenvalue weighted by molar-refractivity contribution is -0.148. The van der Waals surface area contributed by atoms with Crippen LogP contribution in [0.1, 0.15) is 12.5 Å². The van der Waals surface area contributed by atoms with E-state index in [2.05, 4.69) is 14.9 Å². The molecule has 0 spiro atoms. The molecule has 2 N–H and O–H groups in total. The largest absolute Gasteiger partial charge is 0.454 e. The fraction of sp³-hybridized carbons (Fsp3) is 0.364. The van der Waals surface area contributed by atoms with E-state index < -0.39 is 34.5 Å². The number of ether oxygens (including phenoxy) is 2. The number of nitrogens with zero attached hydrogens (tertiary/aromatic N) is 1. The van der Waals surface area contributed by atoms with Crippen LogP contribution in [0.25, 0.3) is 0 Å². The number of esters is 1. The molecule has 172 valence electrons. The Morgan fingerprint density at radius 3 is 2.31 bits per heavy atom. The second-order valence-corrected chi connectivity index (χ2v) is 9.17. The van der Waals surface area contributed by atoms with Crippen LogP contribution in [-0.2, 0) is 29.1 Å². The smallest absolute Gasteiger partial charge is 0.324 e. The molecule has 0 aromatic heterocycles. The van der Waals surface area contributed by atoms with Crippen molar-refractivity contribution >= 4 is 33.3 Å². The van der Waals surface area contributed by atoms with Gasteiger partial charge in [0.1, 0.15) is 6.04 Å². The molecule has 0 unspecified atom stereocenters. The van der Waals surface area contributed by atoms with Crippen molar-refractivity contribution in [3.63, 3.8) is 0 Å². The fourth-order valence-electron chi connectivity index (χ4n) is 3.10. The molecule has 2 aromatic carbocycles. The van der Waals surface area contributed by atoms with Crippen LogP contribution in [0.5, 0.6) is 0 Å². The van der Waals surface area contributed by atoms with Gasteiger partial charge in [0.25, 0.3) is 5.91 Å². The van der Waals surface area contributed by atoms with Gasteiger partial charge in [0.2, 0.25) is 10.0 Å². The molecule has 1 saturated heterocycles. The molecule has 1 heterocycles. The number of benzene rings is 2. The number of sulfonamides is 1. The fourth-order valence-corrected chi connectivity index (χ4v) is 4.29. The van der Waals surface area contributed by atoms with E-state index in [9.17, 15) is 18.0 Å². The first-order valence-electron chi connectivity index (χ1n) is 10.2. The van der Waals surface area contributed by atoms with Gasteiger partial charge in [-0.25, -0.2) is 8.42 Å². The highest BCUT2D eigenvalue weighted by Gasteiger charge is 2.23. The minimum atomic E-state index is -3.89. The Bertz CT molecular complexity index is 1030. The summed E-state index contributed by atoms with van der Waals surface area (Å²) >= 11 is 0.